The van der Waals surface area contributed by atoms with Crippen LogP contribution in [0.25, 0.3) is 0 Å². The number of primary amides is 1. The lowest BCUT2D eigenvalue weighted by Crippen LogP contribution is -2.40. The number of halogens is 1. The SMILES string of the molecule is C=CCNC1=C2CC(C)CC(OC)C(OC(=O)CCN(C)C)C(C)/C=C(\C)C(OC(N)=O)C(OC)/C=C/C=C(/C)C(=O)NC(=CC1=O)C2=O.Cl. The summed E-state index contributed by atoms with van der Waals surface area (Å²) in [7, 11) is 6.65. The summed E-state index contributed by atoms with van der Waals surface area (Å²) >= 11 is 0. The van der Waals surface area contributed by atoms with Gasteiger partial charge in [0.1, 0.15) is 12.2 Å². The van der Waals surface area contributed by atoms with Crippen LogP contribution in [0.4, 0.5) is 4.79 Å². The van der Waals surface area contributed by atoms with Crippen LogP contribution in [0.15, 0.2) is 71.1 Å². The molecule has 2 aliphatic rings. The highest BCUT2D eigenvalue weighted by Crippen LogP contribution is 2.30. The molecule has 0 spiro atoms. The molecule has 50 heavy (non-hydrogen) atoms. The number of nitrogens with zero attached hydrogens (tertiary/aromatic N) is 1. The molecule has 1 aliphatic heterocycles. The Morgan fingerprint density at radius 1 is 1.12 bits per heavy atom. The minimum atomic E-state index is -1.02. The van der Waals surface area contributed by atoms with Crippen molar-refractivity contribution in [3.05, 3.63) is 71.1 Å². The second-order valence-corrected chi connectivity index (χ2v) is 12.6. The van der Waals surface area contributed by atoms with Gasteiger partial charge < -0.3 is 40.2 Å². The van der Waals surface area contributed by atoms with Gasteiger partial charge in [-0.15, -0.1) is 19.0 Å². The van der Waals surface area contributed by atoms with Crippen LogP contribution in [0.1, 0.15) is 47.0 Å². The zero-order chi connectivity index (χ0) is 36.8. The van der Waals surface area contributed by atoms with Crippen molar-refractivity contribution >= 4 is 41.9 Å². The van der Waals surface area contributed by atoms with E-state index in [-0.39, 0.29) is 60.3 Å². The first-order chi connectivity index (χ1) is 23.1. The van der Waals surface area contributed by atoms with Crippen LogP contribution >= 0.6 is 12.4 Å². The molecule has 1 aliphatic carbocycles. The average Bonchev–Trinajstić information content (AvgIpc) is 3.03. The lowest BCUT2D eigenvalue weighted by Gasteiger charge is -2.33. The van der Waals surface area contributed by atoms with Crippen molar-refractivity contribution in [3.8, 4) is 0 Å². The molecule has 0 aromatic rings. The summed E-state index contributed by atoms with van der Waals surface area (Å²) in [6.07, 6.45) is 5.52. The smallest absolute Gasteiger partial charge is 0.405 e. The standard InChI is InChI=1S/C36H52N4O9.ClH/c1-10-15-38-31-25-17-21(2)18-29(47-9)34(48-30(42)14-16-40(6)7)24(5)19-23(4)33(49-36(37)45)28(46-8)13-11-12-22(3)35(44)39-26(32(25)43)20-27(31)41;/h10-13,19-21,24,28-29,33-34,38H,1,14-18H2,2-9H3,(H2,37,45)(H,39,44);1H/b13-11+,22-12-,23-19+;. The Morgan fingerprint density at radius 2 is 1.80 bits per heavy atom. The fraction of sp³-hybridized carbons (Fsp3) is 0.528. The summed E-state index contributed by atoms with van der Waals surface area (Å²) in [5.74, 6) is -2.68. The molecule has 0 saturated carbocycles. The number of hydrogen-bond donors (Lipinski definition) is 3. The highest BCUT2D eigenvalue weighted by atomic mass is 35.5. The van der Waals surface area contributed by atoms with E-state index in [1.54, 1.807) is 32.1 Å². The van der Waals surface area contributed by atoms with E-state index in [4.69, 9.17) is 24.7 Å². The number of esters is 1. The van der Waals surface area contributed by atoms with Crippen molar-refractivity contribution in [2.45, 2.75) is 71.4 Å². The van der Waals surface area contributed by atoms with Crippen LogP contribution in [0.2, 0.25) is 0 Å². The van der Waals surface area contributed by atoms with Gasteiger partial charge >= 0.3 is 12.1 Å². The van der Waals surface area contributed by atoms with E-state index in [1.165, 1.54) is 20.3 Å². The molecule has 0 saturated heterocycles. The predicted molar refractivity (Wildman–Crippen MR) is 192 cm³/mol. The van der Waals surface area contributed by atoms with Crippen LogP contribution in [0, 0.1) is 11.8 Å². The number of ketones is 2. The first-order valence-electron chi connectivity index (χ1n) is 16.2. The molecule has 0 aromatic heterocycles. The maximum absolute atomic E-state index is 13.8. The van der Waals surface area contributed by atoms with Gasteiger partial charge in [0, 0.05) is 50.4 Å². The van der Waals surface area contributed by atoms with Crippen molar-refractivity contribution in [3.63, 3.8) is 0 Å². The van der Waals surface area contributed by atoms with Crippen LogP contribution in [-0.2, 0) is 38.1 Å². The topological polar surface area (TPSA) is 176 Å². The summed E-state index contributed by atoms with van der Waals surface area (Å²) < 4.78 is 23.1. The third-order valence-electron chi connectivity index (χ3n) is 8.21. The fourth-order valence-corrected chi connectivity index (χ4v) is 5.65. The number of nitrogens with one attached hydrogen (secondary N) is 2. The number of carbonyl (C=O) groups excluding carboxylic acids is 5. The summed E-state index contributed by atoms with van der Waals surface area (Å²) in [5, 5.41) is 5.57. The molecule has 0 radical (unpaired) electrons. The third-order valence-corrected chi connectivity index (χ3v) is 8.21. The first-order valence-corrected chi connectivity index (χ1v) is 16.2. The second kappa shape index (κ2) is 21.2. The van der Waals surface area contributed by atoms with Gasteiger partial charge in [-0.3, -0.25) is 19.2 Å². The van der Waals surface area contributed by atoms with Crippen LogP contribution in [-0.4, -0.2) is 100 Å². The maximum Gasteiger partial charge on any atom is 0.405 e. The number of rotatable bonds is 10. The molecular weight excluding hydrogens is 668 g/mol. The van der Waals surface area contributed by atoms with Gasteiger partial charge in [0.15, 0.2) is 6.10 Å². The molecule has 0 fully saturated rings. The highest BCUT2D eigenvalue weighted by molar-refractivity contribution is 6.23. The summed E-state index contributed by atoms with van der Waals surface area (Å²) in [5.41, 5.74) is 6.44. The Balaban J connectivity index is 0.0000125. The Kier molecular flexibility index (Phi) is 18.7. The number of amides is 2. The van der Waals surface area contributed by atoms with E-state index < -0.39 is 59.9 Å². The average molecular weight is 721 g/mol. The van der Waals surface area contributed by atoms with Crippen molar-refractivity contribution in [1.82, 2.24) is 15.5 Å². The number of Topliss-reactive ketones (excluding diaryl/α,β-unsaturated/α-hetero) is 1. The third kappa shape index (κ3) is 13.0. The molecule has 2 rings (SSSR count). The largest absolute Gasteiger partial charge is 0.459 e. The lowest BCUT2D eigenvalue weighted by molar-refractivity contribution is -0.160. The molecule has 6 atom stereocenters. The Morgan fingerprint density at radius 3 is 2.38 bits per heavy atom. The van der Waals surface area contributed by atoms with Gasteiger partial charge in [0.2, 0.25) is 11.6 Å². The van der Waals surface area contributed by atoms with E-state index in [9.17, 15) is 24.0 Å². The van der Waals surface area contributed by atoms with E-state index in [0.717, 1.165) is 6.08 Å². The quantitative estimate of drug-likeness (QED) is 0.171. The Bertz CT molecular complexity index is 1420. The van der Waals surface area contributed by atoms with Gasteiger partial charge in [-0.05, 0) is 52.3 Å². The van der Waals surface area contributed by atoms with Crippen LogP contribution in [0.3, 0.4) is 0 Å². The van der Waals surface area contributed by atoms with Gasteiger partial charge in [0.25, 0.3) is 5.91 Å². The molecule has 4 N–H and O–H groups in total. The summed E-state index contributed by atoms with van der Waals surface area (Å²) in [6.45, 7) is 11.5. The number of hydrogen-bond acceptors (Lipinski definition) is 11. The number of ether oxygens (including phenoxy) is 4. The van der Waals surface area contributed by atoms with Crippen molar-refractivity contribution < 1.29 is 42.9 Å². The first kappa shape index (κ1) is 44.0. The van der Waals surface area contributed by atoms with E-state index >= 15 is 0 Å². The fourth-order valence-electron chi connectivity index (χ4n) is 5.65. The number of fused-ring (bicyclic) bond motifs is 2. The van der Waals surface area contributed by atoms with E-state index in [1.807, 2.05) is 38.9 Å². The van der Waals surface area contributed by atoms with E-state index in [0.29, 0.717) is 18.5 Å². The molecule has 2 bridgehead atoms. The second-order valence-electron chi connectivity index (χ2n) is 12.6. The van der Waals surface area contributed by atoms with Gasteiger partial charge in [-0.2, -0.15) is 0 Å². The highest BCUT2D eigenvalue weighted by Gasteiger charge is 2.35. The number of allylic oxidation sites excluding steroid dienone is 4. The number of nitrogens with two attached hydrogens (primary N) is 1. The molecule has 278 valence electrons. The maximum atomic E-state index is 13.8. The molecule has 14 heteroatoms. The zero-order valence-corrected chi connectivity index (χ0v) is 31.1. The number of methoxy groups -OCH3 is 2. The van der Waals surface area contributed by atoms with Crippen molar-refractivity contribution in [1.29, 1.82) is 0 Å². The number of carbonyl (C=O) groups is 5. The van der Waals surface area contributed by atoms with Crippen LogP contribution < -0.4 is 16.4 Å². The lowest BCUT2D eigenvalue weighted by atomic mass is 9.85. The molecular formula is C36H53ClN4O9. The predicted octanol–water partition coefficient (Wildman–Crippen LogP) is 3.46. The van der Waals surface area contributed by atoms with Gasteiger partial charge in [0.05, 0.1) is 23.9 Å². The zero-order valence-electron chi connectivity index (χ0n) is 30.3. The van der Waals surface area contributed by atoms with E-state index in [2.05, 4.69) is 17.2 Å². The molecule has 0 aromatic carbocycles. The minimum Gasteiger partial charge on any atom is -0.459 e. The molecule has 13 nitrogen and oxygen atoms in total. The van der Waals surface area contributed by atoms with Crippen molar-refractivity contribution in [2.24, 2.45) is 17.6 Å². The van der Waals surface area contributed by atoms with Gasteiger partial charge in [-0.25, -0.2) is 4.79 Å². The molecule has 2 amide bonds. The normalized spacial score (nSPS) is 28.2. The Hall–Kier alpha value is -4.04. The van der Waals surface area contributed by atoms with Gasteiger partial charge in [-0.1, -0.05) is 44.2 Å². The summed E-state index contributed by atoms with van der Waals surface area (Å²) in [6, 6.07) is 0. The molecule has 1 heterocycles. The minimum absolute atomic E-state index is 0. The van der Waals surface area contributed by atoms with Crippen LogP contribution in [0.5, 0.6) is 0 Å². The van der Waals surface area contributed by atoms with Crippen molar-refractivity contribution in [2.75, 3.05) is 41.4 Å². The Labute approximate surface area is 301 Å². The molecule has 6 unspecified atom stereocenters. The monoisotopic (exact) mass is 720 g/mol. The summed E-state index contributed by atoms with van der Waals surface area (Å²) in [4.78, 5) is 67.1.